The molecule has 6 aliphatic rings. The summed E-state index contributed by atoms with van der Waals surface area (Å²) < 4.78 is 118. The summed E-state index contributed by atoms with van der Waals surface area (Å²) in [7, 11) is 3.34. The van der Waals surface area contributed by atoms with Crippen LogP contribution >= 0.6 is 30.9 Å². The number of esters is 1. The first-order valence-electron chi connectivity index (χ1n) is 35.8. The number of hydrogen-bond acceptors (Lipinski definition) is 31. The van der Waals surface area contributed by atoms with E-state index in [1.54, 1.807) is 43.6 Å². The topological polar surface area (TPSA) is 441 Å². The number of phenols is 2. The van der Waals surface area contributed by atoms with Gasteiger partial charge < -0.3 is 88.4 Å². The zero-order valence-corrected chi connectivity index (χ0v) is 68.6. The van der Waals surface area contributed by atoms with E-state index in [0.717, 1.165) is 74.8 Å². The van der Waals surface area contributed by atoms with Crippen LogP contribution in [-0.2, 0) is 81.2 Å². The second kappa shape index (κ2) is 38.2. The highest BCUT2D eigenvalue weighted by Crippen LogP contribution is 2.57. The number of phenolic OH excluding ortho intramolecular Hbond substituents is 2. The number of alkyl halides is 2. The number of aromatic hydroxyl groups is 2. The van der Waals surface area contributed by atoms with Crippen LogP contribution in [0, 0.1) is 10.1 Å². The number of nitrogens with one attached hydrogen (secondary N) is 3. The third-order valence-electron chi connectivity index (χ3n) is 20.0. The van der Waals surface area contributed by atoms with E-state index in [2.05, 4.69) is 34.0 Å². The molecule has 1 unspecified atom stereocenters. The molecule has 4 aliphatic heterocycles. The van der Waals surface area contributed by atoms with Crippen molar-refractivity contribution >= 4 is 102 Å². The molecule has 0 amide bonds. The fourth-order valence-electron chi connectivity index (χ4n) is 14.8. The van der Waals surface area contributed by atoms with E-state index < -0.39 is 152 Å². The van der Waals surface area contributed by atoms with Gasteiger partial charge in [0, 0.05) is 93.8 Å². The number of halogens is 2. The summed E-state index contributed by atoms with van der Waals surface area (Å²) in [5, 5.41) is 80.5. The number of nitrogens with zero attached hydrogens (tertiary/aromatic N) is 5. The summed E-state index contributed by atoms with van der Waals surface area (Å²) in [6.07, 6.45) is -4.17. The molecule has 0 spiro atoms. The van der Waals surface area contributed by atoms with Crippen LogP contribution in [0.2, 0.25) is 0 Å². The normalized spacial score (nSPS) is 27.6. The van der Waals surface area contributed by atoms with E-state index in [0.29, 0.717) is 68.3 Å². The molecule has 5 aromatic rings. The van der Waals surface area contributed by atoms with E-state index in [4.69, 9.17) is 65.6 Å². The number of aromatic nitrogens is 1. The zero-order valence-electron chi connectivity index (χ0n) is 64.6. The molecule has 2 aliphatic carbocycles. The van der Waals surface area contributed by atoms with Gasteiger partial charge in [0.2, 0.25) is 12.1 Å². The van der Waals surface area contributed by atoms with Gasteiger partial charge >= 0.3 is 13.6 Å². The third-order valence-corrected chi connectivity index (χ3v) is 23.8. The molecule has 1 aromatic heterocycles. The molecule has 34 nitrogen and oxygen atoms in total. The maximum atomic E-state index is 14.8. The highest BCUT2D eigenvalue weighted by molar-refractivity contribution is 7.86. The maximum Gasteiger partial charge on any atom is 0.343 e. The number of methoxy groups -OCH3 is 4. The number of hydrogen-bond donors (Lipinski definition) is 8. The molecule has 2 bridgehead atoms. The van der Waals surface area contributed by atoms with Gasteiger partial charge in [-0.3, -0.25) is 37.4 Å². The molecule has 618 valence electrons. The molecule has 4 aromatic carbocycles. The van der Waals surface area contributed by atoms with Crippen molar-refractivity contribution in [1.82, 2.24) is 29.9 Å². The highest BCUT2D eigenvalue weighted by atomic mass is 35.5. The van der Waals surface area contributed by atoms with E-state index in [1.807, 2.05) is 44.4 Å². The predicted octanol–water partition coefficient (Wildman–Crippen LogP) is 5.99. The number of ether oxygens (including phenoxy) is 8. The van der Waals surface area contributed by atoms with Crippen molar-refractivity contribution < 1.29 is 117 Å². The smallest absolute Gasteiger partial charge is 0.343 e. The Hall–Kier alpha value is -6.01. The van der Waals surface area contributed by atoms with Gasteiger partial charge in [0.25, 0.3) is 25.9 Å². The number of para-hydroxylation sites is 1. The largest absolute Gasteiger partial charge is 0.507 e. The van der Waals surface area contributed by atoms with Crippen molar-refractivity contribution in [3.8, 4) is 17.2 Å². The number of carbonyl (C=O) groups excluding carboxylic acids is 3. The molecule has 3 fully saturated rings. The van der Waals surface area contributed by atoms with E-state index in [-0.39, 0.29) is 58.2 Å². The molecule has 14 atom stereocenters. The predicted molar refractivity (Wildman–Crippen MR) is 411 cm³/mol. The number of ketones is 2. The van der Waals surface area contributed by atoms with Gasteiger partial charge in [-0.1, -0.05) is 24.3 Å². The number of carbonyl (C=O) groups is 3. The first-order valence-corrected chi connectivity index (χ1v) is 42.1. The van der Waals surface area contributed by atoms with Crippen molar-refractivity contribution in [1.29, 1.82) is 0 Å². The first kappa shape index (κ1) is 90.5. The SMILES string of the molecule is CN(C)CCCNc1c2ccccc2nc2cccc([N+](=O)[O-])c12.COC(=O)[C@@H]1c2cc3c(c(O)c2[C@@H](O[C@@H]2O[C@@H](C)[C@H](OC)[C@@](C)(OC)[C@H]2OC)C[C@]1(C)O)C(=O)c1c(O)cc2c(c1C3=O)O[C@@H]1O[C@@]2(C)[C@H](O)[C@@H](N(C)C)[C@@H]1O.CS(=O)(=O)OCCCNCCCOS(C)(=O)=O.O=P1(NCCCl)OCCCN1CCCl. The number of pyridine rings is 1. The Balaban J connectivity index is 0.000000228. The van der Waals surface area contributed by atoms with Gasteiger partial charge in [-0.25, -0.2) is 14.7 Å². The lowest BCUT2D eigenvalue weighted by molar-refractivity contribution is -0.383. The van der Waals surface area contributed by atoms with Gasteiger partial charge in [-0.2, -0.15) is 16.8 Å². The number of aliphatic hydroxyl groups excluding tert-OH is 2. The monoisotopic (exact) mass is 1660 g/mol. The van der Waals surface area contributed by atoms with Crippen LogP contribution < -0.4 is 20.5 Å². The fourth-order valence-corrected chi connectivity index (χ4v) is 18.2. The Morgan fingerprint density at radius 1 is 0.856 bits per heavy atom. The molecule has 3 saturated heterocycles. The van der Waals surface area contributed by atoms with Gasteiger partial charge in [-0.05, 0) is 131 Å². The number of anilines is 1. The van der Waals surface area contributed by atoms with Gasteiger partial charge in [0.1, 0.15) is 64.2 Å². The Labute approximate surface area is 655 Å². The summed E-state index contributed by atoms with van der Waals surface area (Å²) in [5.41, 5.74) is -4.20. The minimum atomic E-state index is -3.36. The number of aliphatic hydroxyl groups is 3. The molecule has 111 heavy (non-hydrogen) atoms. The van der Waals surface area contributed by atoms with Gasteiger partial charge in [-0.15, -0.1) is 23.2 Å². The van der Waals surface area contributed by atoms with Crippen molar-refractivity contribution in [2.24, 2.45) is 0 Å². The molecule has 5 heterocycles. The summed E-state index contributed by atoms with van der Waals surface area (Å²) in [4.78, 5) is 62.2. The summed E-state index contributed by atoms with van der Waals surface area (Å²) in [6, 6.07) is 14.3. The number of likely N-dealkylation sites (N-methyl/N-ethyl adjacent to an activating group) is 1. The number of nitro groups is 1. The lowest BCUT2D eigenvalue weighted by Crippen LogP contribution is -2.68. The number of non-ortho nitro benzene ring substituents is 1. The van der Waals surface area contributed by atoms with Crippen molar-refractivity contribution in [3.63, 3.8) is 0 Å². The number of nitro benzene ring substituents is 1. The molecule has 8 N–H and O–H groups in total. The van der Waals surface area contributed by atoms with Gasteiger partial charge in [0.15, 0.2) is 12.1 Å². The van der Waals surface area contributed by atoms with Crippen LogP contribution in [0.4, 0.5) is 11.4 Å². The van der Waals surface area contributed by atoms with Crippen LogP contribution in [-0.4, -0.2) is 291 Å². The van der Waals surface area contributed by atoms with Crippen molar-refractivity contribution in [3.05, 3.63) is 104 Å². The van der Waals surface area contributed by atoms with Crippen LogP contribution in [0.3, 0.4) is 0 Å². The summed E-state index contributed by atoms with van der Waals surface area (Å²) in [6.45, 7) is 12.0. The van der Waals surface area contributed by atoms with Crippen LogP contribution in [0.1, 0.15) is 120 Å². The van der Waals surface area contributed by atoms with Gasteiger partial charge in [0.05, 0.1) is 102 Å². The highest BCUT2D eigenvalue weighted by Gasteiger charge is 2.61. The average molecular weight is 1660 g/mol. The van der Waals surface area contributed by atoms with Crippen LogP contribution in [0.5, 0.6) is 17.2 Å². The molecule has 11 rings (SSSR count). The second-order valence-corrected chi connectivity index (χ2v) is 34.7. The number of fused-ring (bicyclic) bond motifs is 10. The molecule has 0 saturated carbocycles. The lowest BCUT2D eigenvalue weighted by atomic mass is 9.68. The minimum absolute atomic E-state index is 0.0417. The average Bonchev–Trinajstić information content (AvgIpc) is 0.692. The summed E-state index contributed by atoms with van der Waals surface area (Å²) in [5.74, 6) is -4.97. The van der Waals surface area contributed by atoms with E-state index in [1.165, 1.54) is 47.3 Å². The Kier molecular flexibility index (Phi) is 31.1. The zero-order chi connectivity index (χ0) is 82.0. The fraction of sp³-hybridized carbons (Fsp3) is 0.611. The summed E-state index contributed by atoms with van der Waals surface area (Å²) >= 11 is 11.1. The van der Waals surface area contributed by atoms with E-state index >= 15 is 0 Å². The quantitative estimate of drug-likeness (QED) is 0.00408. The van der Waals surface area contributed by atoms with Crippen molar-refractivity contribution in [2.75, 3.05) is 152 Å². The molecule has 39 heteroatoms. The standard InChI is InChI=1S/C39H49NO16.C18H20N4O2.C8H19NO6S2.C7H15Cl2N2O2P/c1-14-32(49-7)39(4,52-10)33(50-8)36(53-14)54-19-13-37(2,48)24(34(47)51-9)15-11-16-21(27(43)20(15)19)28(44)22-18(41)12-17-30(23(22)26(16)42)55-35-29(45)25(40(5)6)31(46)38(17,3)56-35;1-21(2)12-6-11-19-18-13-7-3-4-8-14(13)20-15-9-5-10-16(17(15)18)22(23)24;1-16(10,11)14-7-3-5-9-6-4-8-15-17(2,12)13;8-2-4-10-14(12)11(6-3-9)5-1-7-13-14/h11-12,14,19,24-25,29,31-33,35-36,41,43,45-46,48H,13H2,1-10H3;3-5,7-10H,6,11-12H2,1-2H3,(H,19,20);9H,3-8H2,1-2H3;1-7H2,(H,10,12)/t14-,19-,24-,25-,29-,31+,32-,33-,35+,36-,37-,38+,39+;;;/m0.../s1. The third kappa shape index (κ3) is 20.3. The Morgan fingerprint density at radius 3 is 2.09 bits per heavy atom. The maximum absolute atomic E-state index is 14.8. The lowest BCUT2D eigenvalue weighted by Gasteiger charge is -2.53. The Morgan fingerprint density at radius 2 is 1.50 bits per heavy atom. The van der Waals surface area contributed by atoms with E-state index in [9.17, 15) is 71.4 Å². The van der Waals surface area contributed by atoms with Crippen LogP contribution in [0.15, 0.2) is 54.6 Å². The Bertz CT molecular complexity index is 4400. The van der Waals surface area contributed by atoms with Crippen LogP contribution in [0.25, 0.3) is 21.8 Å². The molecular weight excluding hydrogens is 1560 g/mol. The van der Waals surface area contributed by atoms with Crippen molar-refractivity contribution in [2.45, 2.75) is 138 Å². The number of rotatable bonds is 28. The number of benzene rings is 4. The molecule has 0 radical (unpaired) electrons. The molecular formula is C72H103Cl2N8O26PS2. The second-order valence-electron chi connectivity index (χ2n) is 28.5. The minimum Gasteiger partial charge on any atom is -0.507 e. The first-order chi connectivity index (χ1) is 52.2.